The summed E-state index contributed by atoms with van der Waals surface area (Å²) in [7, 11) is 0. The van der Waals surface area contributed by atoms with Crippen molar-refractivity contribution in [3.8, 4) is 17.2 Å². The third-order valence-electron chi connectivity index (χ3n) is 9.15. The number of pyridine rings is 1. The Morgan fingerprint density at radius 2 is 1.57 bits per heavy atom. The standard InChI is InChI=1S/C39H33F5N4O2S/c40-33-6-3-4-29(38(33)41)25-51-37-22-35(49)32-5-1-2-7-34(32)48(37)24-36(50)47(31-16-19-46(20-17-31)21-18-45)23-26-8-10-27(11-9-26)28-12-14-30(15-13-28)39(42,43)44/h1-15,22,31H,16-17,19-21,23-25H2. The number of alkyl halides is 3. The van der Waals surface area contributed by atoms with Crippen LogP contribution in [0.3, 0.4) is 0 Å². The van der Waals surface area contributed by atoms with E-state index in [2.05, 4.69) is 6.07 Å². The Labute approximate surface area is 295 Å². The summed E-state index contributed by atoms with van der Waals surface area (Å²) in [6.45, 7) is 1.69. The first kappa shape index (κ1) is 35.8. The minimum atomic E-state index is -4.43. The van der Waals surface area contributed by atoms with E-state index in [4.69, 9.17) is 0 Å². The van der Waals surface area contributed by atoms with Gasteiger partial charge in [-0.15, -0.1) is 11.8 Å². The lowest BCUT2D eigenvalue weighted by Gasteiger charge is -2.38. The number of hydrogen-bond donors (Lipinski definition) is 0. The summed E-state index contributed by atoms with van der Waals surface area (Å²) in [5, 5.41) is 10.0. The molecule has 5 aromatic rings. The van der Waals surface area contributed by atoms with Gasteiger partial charge in [0.2, 0.25) is 5.91 Å². The van der Waals surface area contributed by atoms with Crippen molar-refractivity contribution >= 4 is 28.6 Å². The van der Waals surface area contributed by atoms with Crippen molar-refractivity contribution in [2.24, 2.45) is 0 Å². The highest BCUT2D eigenvalue weighted by Crippen LogP contribution is 2.32. The Balaban J connectivity index is 1.29. The van der Waals surface area contributed by atoms with E-state index in [1.165, 1.54) is 30.3 Å². The summed E-state index contributed by atoms with van der Waals surface area (Å²) >= 11 is 1.14. The summed E-state index contributed by atoms with van der Waals surface area (Å²) in [6, 6.07) is 26.6. The maximum Gasteiger partial charge on any atom is 0.416 e. The number of likely N-dealkylation sites (tertiary alicyclic amines) is 1. The summed E-state index contributed by atoms with van der Waals surface area (Å²) in [5.74, 6) is -2.12. The molecule has 1 fully saturated rings. The number of benzene rings is 4. The van der Waals surface area contributed by atoms with Gasteiger partial charge in [-0.1, -0.05) is 60.7 Å². The van der Waals surface area contributed by atoms with E-state index >= 15 is 0 Å². The fourth-order valence-electron chi connectivity index (χ4n) is 6.39. The van der Waals surface area contributed by atoms with Crippen LogP contribution in [0.1, 0.15) is 29.5 Å². The number of nitriles is 1. The molecule has 1 amide bonds. The van der Waals surface area contributed by atoms with E-state index in [-0.39, 0.29) is 41.8 Å². The Morgan fingerprint density at radius 3 is 2.24 bits per heavy atom. The number of carbonyl (C=O) groups is 1. The minimum Gasteiger partial charge on any atom is -0.334 e. The van der Waals surface area contributed by atoms with E-state index < -0.39 is 23.4 Å². The van der Waals surface area contributed by atoms with Gasteiger partial charge in [0.15, 0.2) is 17.1 Å². The molecule has 0 N–H and O–H groups in total. The lowest BCUT2D eigenvalue weighted by Crippen LogP contribution is -2.48. The number of halogens is 5. The normalized spacial score (nSPS) is 14.0. The fourth-order valence-corrected chi connectivity index (χ4v) is 7.42. The van der Waals surface area contributed by atoms with Crippen LogP contribution in [-0.2, 0) is 29.8 Å². The second-order valence-electron chi connectivity index (χ2n) is 12.4. The molecule has 0 saturated carbocycles. The van der Waals surface area contributed by atoms with E-state index in [0.29, 0.717) is 54.0 Å². The van der Waals surface area contributed by atoms with Crippen molar-refractivity contribution < 1.29 is 26.7 Å². The van der Waals surface area contributed by atoms with Crippen molar-refractivity contribution in [3.63, 3.8) is 0 Å². The molecule has 0 unspecified atom stereocenters. The van der Waals surface area contributed by atoms with Crippen LogP contribution in [0, 0.1) is 23.0 Å². The second-order valence-corrected chi connectivity index (χ2v) is 13.4. The van der Waals surface area contributed by atoms with Crippen molar-refractivity contribution in [2.45, 2.75) is 48.9 Å². The first-order valence-electron chi connectivity index (χ1n) is 16.4. The molecular formula is C39H33F5N4O2S. The van der Waals surface area contributed by atoms with Crippen LogP contribution in [0.5, 0.6) is 0 Å². The minimum absolute atomic E-state index is 0.0297. The molecule has 1 saturated heterocycles. The molecule has 1 aliphatic heterocycles. The number of aromatic nitrogens is 1. The van der Waals surface area contributed by atoms with Crippen LogP contribution in [0.2, 0.25) is 0 Å². The Hall–Kier alpha value is -4.99. The molecule has 1 aliphatic rings. The molecule has 0 bridgehead atoms. The zero-order chi connectivity index (χ0) is 36.1. The van der Waals surface area contributed by atoms with Gasteiger partial charge in [0.25, 0.3) is 0 Å². The smallest absolute Gasteiger partial charge is 0.334 e. The summed E-state index contributed by atoms with van der Waals surface area (Å²) in [5.41, 5.74) is 1.85. The van der Waals surface area contributed by atoms with Crippen molar-refractivity contribution in [1.82, 2.24) is 14.4 Å². The van der Waals surface area contributed by atoms with E-state index in [0.717, 1.165) is 41.1 Å². The van der Waals surface area contributed by atoms with Crippen LogP contribution in [0.4, 0.5) is 22.0 Å². The highest BCUT2D eigenvalue weighted by molar-refractivity contribution is 7.98. The number of hydrogen-bond acceptors (Lipinski definition) is 5. The van der Waals surface area contributed by atoms with Crippen molar-refractivity contribution in [2.75, 3.05) is 19.6 Å². The third-order valence-corrected chi connectivity index (χ3v) is 10.2. The third kappa shape index (κ3) is 8.32. The molecule has 12 heteroatoms. The molecule has 262 valence electrons. The largest absolute Gasteiger partial charge is 0.416 e. The topological polar surface area (TPSA) is 69.3 Å². The molecule has 6 rings (SSSR count). The van der Waals surface area contributed by atoms with Gasteiger partial charge in [0.05, 0.1) is 28.7 Å². The number of fused-ring (bicyclic) bond motifs is 1. The molecular weight excluding hydrogens is 684 g/mol. The summed E-state index contributed by atoms with van der Waals surface area (Å²) in [6.07, 6.45) is -3.14. The zero-order valence-electron chi connectivity index (χ0n) is 27.4. The molecule has 0 atom stereocenters. The average molecular weight is 717 g/mol. The number of para-hydroxylation sites is 1. The first-order chi connectivity index (χ1) is 24.5. The predicted molar refractivity (Wildman–Crippen MR) is 187 cm³/mol. The van der Waals surface area contributed by atoms with Crippen LogP contribution >= 0.6 is 11.8 Å². The van der Waals surface area contributed by atoms with Gasteiger partial charge >= 0.3 is 6.18 Å². The van der Waals surface area contributed by atoms with Gasteiger partial charge in [0, 0.05) is 48.4 Å². The summed E-state index contributed by atoms with van der Waals surface area (Å²) < 4.78 is 69.5. The number of thioether (sulfide) groups is 1. The maximum atomic E-state index is 14.5. The highest BCUT2D eigenvalue weighted by atomic mass is 32.2. The number of nitrogens with zero attached hydrogens (tertiary/aromatic N) is 4. The predicted octanol–water partition coefficient (Wildman–Crippen LogP) is 8.27. The van der Waals surface area contributed by atoms with Crippen LogP contribution in [0.15, 0.2) is 107 Å². The number of piperidine rings is 1. The van der Waals surface area contributed by atoms with Gasteiger partial charge in [-0.2, -0.15) is 18.4 Å². The van der Waals surface area contributed by atoms with E-state index in [1.54, 1.807) is 28.8 Å². The van der Waals surface area contributed by atoms with Crippen molar-refractivity contribution in [3.05, 3.63) is 136 Å². The molecule has 51 heavy (non-hydrogen) atoms. The van der Waals surface area contributed by atoms with Gasteiger partial charge in [0.1, 0.15) is 6.54 Å². The number of amides is 1. The molecule has 0 aliphatic carbocycles. The Kier molecular flexibility index (Phi) is 10.9. The zero-order valence-corrected chi connectivity index (χ0v) is 28.2. The fraction of sp³-hybridized carbons (Fsp3) is 0.256. The van der Waals surface area contributed by atoms with Crippen LogP contribution in [-0.4, -0.2) is 46.0 Å². The lowest BCUT2D eigenvalue weighted by molar-refractivity contribution is -0.137. The van der Waals surface area contributed by atoms with E-state index in [1.807, 2.05) is 34.1 Å². The quantitative estimate of drug-likeness (QED) is 0.0827. The van der Waals surface area contributed by atoms with Crippen LogP contribution in [0.25, 0.3) is 22.0 Å². The molecule has 1 aromatic heterocycles. The summed E-state index contributed by atoms with van der Waals surface area (Å²) in [4.78, 5) is 31.4. The molecule has 2 heterocycles. The van der Waals surface area contributed by atoms with Gasteiger partial charge in [-0.05, 0) is 59.9 Å². The molecule has 0 spiro atoms. The second kappa shape index (κ2) is 15.5. The first-order valence-corrected chi connectivity index (χ1v) is 17.3. The Bertz CT molecular complexity index is 2120. The van der Waals surface area contributed by atoms with E-state index in [9.17, 15) is 36.8 Å². The average Bonchev–Trinajstić information content (AvgIpc) is 3.13. The Morgan fingerprint density at radius 1 is 0.902 bits per heavy atom. The lowest BCUT2D eigenvalue weighted by atomic mass is 10.00. The number of carbonyl (C=O) groups excluding carboxylic acids is 1. The monoisotopic (exact) mass is 716 g/mol. The van der Waals surface area contributed by atoms with Gasteiger partial charge < -0.3 is 9.47 Å². The van der Waals surface area contributed by atoms with Crippen LogP contribution < -0.4 is 5.43 Å². The SMILES string of the molecule is N#CCN1CCC(N(Cc2ccc(-c3ccc(C(F)(F)F)cc3)cc2)C(=O)Cn2c(SCc3cccc(F)c3F)cc(=O)c3ccccc32)CC1. The maximum absolute atomic E-state index is 14.5. The number of rotatable bonds is 10. The van der Waals surface area contributed by atoms with Gasteiger partial charge in [-0.25, -0.2) is 8.78 Å². The molecule has 4 aromatic carbocycles. The van der Waals surface area contributed by atoms with Gasteiger partial charge in [-0.3, -0.25) is 14.5 Å². The molecule has 0 radical (unpaired) electrons. The van der Waals surface area contributed by atoms with Crippen molar-refractivity contribution in [1.29, 1.82) is 5.26 Å². The molecule has 6 nitrogen and oxygen atoms in total. The highest BCUT2D eigenvalue weighted by Gasteiger charge is 2.31.